The van der Waals surface area contributed by atoms with Crippen LogP contribution in [-0.4, -0.2) is 66.1 Å². The van der Waals surface area contributed by atoms with Gasteiger partial charge in [-0.15, -0.1) is 0 Å². The van der Waals surface area contributed by atoms with Crippen LogP contribution in [0.3, 0.4) is 0 Å². The minimum atomic E-state index is -3.93. The molecule has 0 spiro atoms. The molecule has 1 aromatic carbocycles. The zero-order valence-electron chi connectivity index (χ0n) is 14.7. The summed E-state index contributed by atoms with van der Waals surface area (Å²) in [4.78, 5) is 24.9. The zero-order valence-corrected chi connectivity index (χ0v) is 16.2. The second-order valence-electron chi connectivity index (χ2n) is 6.85. The van der Waals surface area contributed by atoms with Gasteiger partial charge in [0.25, 0.3) is 0 Å². The number of carboxylic acid groups (broad SMARTS) is 1. The minimum Gasteiger partial charge on any atom is -0.480 e. The number of sulfonamides is 1. The van der Waals surface area contributed by atoms with Crippen LogP contribution in [0.1, 0.15) is 20.8 Å². The molecule has 144 valence electrons. The fourth-order valence-electron chi connectivity index (χ4n) is 2.50. The molecular weight excluding hydrogens is 384 g/mol. The van der Waals surface area contributed by atoms with Gasteiger partial charge in [0.1, 0.15) is 11.6 Å². The van der Waals surface area contributed by atoms with Gasteiger partial charge in [-0.1, -0.05) is 17.7 Å². The van der Waals surface area contributed by atoms with Crippen molar-refractivity contribution in [1.82, 2.24) is 9.21 Å². The van der Waals surface area contributed by atoms with Gasteiger partial charge in [-0.25, -0.2) is 18.0 Å². The molecule has 0 aromatic heterocycles. The van der Waals surface area contributed by atoms with Crippen molar-refractivity contribution in [3.63, 3.8) is 0 Å². The van der Waals surface area contributed by atoms with Crippen molar-refractivity contribution < 1.29 is 27.9 Å². The topological polar surface area (TPSA) is 104 Å². The van der Waals surface area contributed by atoms with Crippen LogP contribution in [0.25, 0.3) is 0 Å². The largest absolute Gasteiger partial charge is 0.480 e. The highest BCUT2D eigenvalue weighted by atomic mass is 35.5. The van der Waals surface area contributed by atoms with Gasteiger partial charge in [0, 0.05) is 24.7 Å². The number of piperazine rings is 1. The van der Waals surface area contributed by atoms with Crippen molar-refractivity contribution in [1.29, 1.82) is 0 Å². The van der Waals surface area contributed by atoms with Crippen LogP contribution in [0.15, 0.2) is 29.2 Å². The zero-order chi connectivity index (χ0) is 19.7. The summed E-state index contributed by atoms with van der Waals surface area (Å²) < 4.78 is 31.8. The standard InChI is InChI=1S/C16H21ClN2O6S/c1-16(2,3)25-15(22)19-8-7-18(10-13(19)14(20)21)26(23,24)12-6-4-5-11(17)9-12/h4-6,9,13H,7-8,10H2,1-3H3,(H,20,21). The van der Waals surface area contributed by atoms with Crippen molar-refractivity contribution in [2.24, 2.45) is 0 Å². The Morgan fingerprint density at radius 2 is 1.92 bits per heavy atom. The number of aliphatic carboxylic acids is 1. The maximum absolute atomic E-state index is 12.8. The normalized spacial score (nSPS) is 19.2. The number of rotatable bonds is 3. The Hall–Kier alpha value is -1.84. The molecule has 1 unspecified atom stereocenters. The first-order valence-electron chi connectivity index (χ1n) is 7.90. The molecule has 1 fully saturated rings. The summed E-state index contributed by atoms with van der Waals surface area (Å²) in [7, 11) is -3.93. The van der Waals surface area contributed by atoms with E-state index in [1.165, 1.54) is 18.2 Å². The van der Waals surface area contributed by atoms with E-state index in [1.54, 1.807) is 26.8 Å². The molecule has 2 rings (SSSR count). The van der Waals surface area contributed by atoms with Gasteiger partial charge in [-0.05, 0) is 39.0 Å². The molecule has 1 aliphatic rings. The van der Waals surface area contributed by atoms with Crippen LogP contribution in [0, 0.1) is 0 Å². The molecule has 0 saturated carbocycles. The molecule has 1 heterocycles. The number of carbonyl (C=O) groups excluding carboxylic acids is 1. The van der Waals surface area contributed by atoms with Gasteiger partial charge < -0.3 is 9.84 Å². The summed E-state index contributed by atoms with van der Waals surface area (Å²) in [5, 5.41) is 9.72. The lowest BCUT2D eigenvalue weighted by Crippen LogP contribution is -2.59. The number of nitrogens with zero attached hydrogens (tertiary/aromatic N) is 2. The maximum Gasteiger partial charge on any atom is 0.411 e. The molecule has 1 amide bonds. The van der Waals surface area contributed by atoms with Crippen molar-refractivity contribution in [2.75, 3.05) is 19.6 Å². The number of benzene rings is 1. The molecule has 10 heteroatoms. The first-order chi connectivity index (χ1) is 11.9. The van der Waals surface area contributed by atoms with Crippen LogP contribution >= 0.6 is 11.6 Å². The average Bonchev–Trinajstić information content (AvgIpc) is 2.52. The highest BCUT2D eigenvalue weighted by molar-refractivity contribution is 7.89. The molecule has 1 saturated heterocycles. The Balaban J connectivity index is 2.24. The van der Waals surface area contributed by atoms with Gasteiger partial charge in [0.05, 0.1) is 4.90 Å². The lowest BCUT2D eigenvalue weighted by molar-refractivity contribution is -0.144. The number of amides is 1. The summed E-state index contributed by atoms with van der Waals surface area (Å²) in [6.07, 6.45) is -0.787. The first-order valence-corrected chi connectivity index (χ1v) is 9.72. The van der Waals surface area contributed by atoms with Crippen LogP contribution in [-0.2, 0) is 19.6 Å². The molecule has 0 radical (unpaired) electrons. The van der Waals surface area contributed by atoms with Gasteiger partial charge in [-0.3, -0.25) is 4.90 Å². The summed E-state index contributed by atoms with van der Waals surface area (Å²) in [5.41, 5.74) is -0.788. The number of halogens is 1. The molecule has 26 heavy (non-hydrogen) atoms. The second kappa shape index (κ2) is 7.42. The number of carboxylic acids is 1. The van der Waals surface area contributed by atoms with Gasteiger partial charge >= 0.3 is 12.1 Å². The fraction of sp³-hybridized carbons (Fsp3) is 0.500. The van der Waals surface area contributed by atoms with Crippen LogP contribution < -0.4 is 0 Å². The molecule has 1 atom stereocenters. The van der Waals surface area contributed by atoms with E-state index < -0.39 is 33.7 Å². The third-order valence-corrected chi connectivity index (χ3v) is 5.79. The Bertz CT molecular complexity index is 805. The molecule has 0 aliphatic carbocycles. The van der Waals surface area contributed by atoms with E-state index in [0.717, 1.165) is 9.21 Å². The Labute approximate surface area is 157 Å². The van der Waals surface area contributed by atoms with E-state index in [4.69, 9.17) is 16.3 Å². The highest BCUT2D eigenvalue weighted by Gasteiger charge is 2.41. The minimum absolute atomic E-state index is 0.0279. The van der Waals surface area contributed by atoms with E-state index >= 15 is 0 Å². The van der Waals surface area contributed by atoms with E-state index in [1.807, 2.05) is 0 Å². The fourth-order valence-corrected chi connectivity index (χ4v) is 4.24. The summed E-state index contributed by atoms with van der Waals surface area (Å²) >= 11 is 5.85. The van der Waals surface area contributed by atoms with Crippen LogP contribution in [0.4, 0.5) is 4.79 Å². The Kier molecular flexibility index (Phi) is 5.84. The predicted octanol–water partition coefficient (Wildman–Crippen LogP) is 2.03. The van der Waals surface area contributed by atoms with E-state index in [-0.39, 0.29) is 29.6 Å². The van der Waals surface area contributed by atoms with Crippen molar-refractivity contribution in [3.8, 4) is 0 Å². The highest BCUT2D eigenvalue weighted by Crippen LogP contribution is 2.23. The third-order valence-electron chi connectivity index (χ3n) is 3.69. The SMILES string of the molecule is CC(C)(C)OC(=O)N1CCN(S(=O)(=O)c2cccc(Cl)c2)CC1C(=O)O. The van der Waals surface area contributed by atoms with E-state index in [0.29, 0.717) is 0 Å². The van der Waals surface area contributed by atoms with Crippen molar-refractivity contribution in [2.45, 2.75) is 37.3 Å². The van der Waals surface area contributed by atoms with Crippen LogP contribution in [0.5, 0.6) is 0 Å². The van der Waals surface area contributed by atoms with Gasteiger partial charge in [0.15, 0.2) is 0 Å². The van der Waals surface area contributed by atoms with E-state index in [2.05, 4.69) is 0 Å². The molecule has 1 N–H and O–H groups in total. The van der Waals surface area contributed by atoms with Gasteiger partial charge in [-0.2, -0.15) is 4.31 Å². The average molecular weight is 405 g/mol. The number of hydrogen-bond acceptors (Lipinski definition) is 5. The molecule has 1 aromatic rings. The monoisotopic (exact) mass is 404 g/mol. The molecule has 1 aliphatic heterocycles. The van der Waals surface area contributed by atoms with Crippen LogP contribution in [0.2, 0.25) is 5.02 Å². The van der Waals surface area contributed by atoms with E-state index in [9.17, 15) is 23.1 Å². The second-order valence-corrected chi connectivity index (χ2v) is 9.22. The predicted molar refractivity (Wildman–Crippen MR) is 94.6 cm³/mol. The molecule has 0 bridgehead atoms. The number of hydrogen-bond donors (Lipinski definition) is 1. The van der Waals surface area contributed by atoms with Crippen molar-refractivity contribution in [3.05, 3.63) is 29.3 Å². The Morgan fingerprint density at radius 3 is 2.46 bits per heavy atom. The number of carbonyl (C=O) groups is 2. The quantitative estimate of drug-likeness (QED) is 0.826. The first kappa shape index (κ1) is 20.5. The van der Waals surface area contributed by atoms with Gasteiger partial charge in [0.2, 0.25) is 10.0 Å². The molecular formula is C16H21ClN2O6S. The smallest absolute Gasteiger partial charge is 0.411 e. The lowest BCUT2D eigenvalue weighted by atomic mass is 10.2. The third kappa shape index (κ3) is 4.66. The molecule has 8 nitrogen and oxygen atoms in total. The Morgan fingerprint density at radius 1 is 1.27 bits per heavy atom. The summed E-state index contributed by atoms with van der Waals surface area (Å²) in [5.74, 6) is -1.30. The summed E-state index contributed by atoms with van der Waals surface area (Å²) in [6.45, 7) is 4.49. The maximum atomic E-state index is 12.8. The summed E-state index contributed by atoms with van der Waals surface area (Å²) in [6, 6.07) is 4.39. The number of ether oxygens (including phenoxy) is 1. The lowest BCUT2D eigenvalue weighted by Gasteiger charge is -2.39. The van der Waals surface area contributed by atoms with Crippen molar-refractivity contribution >= 4 is 33.7 Å².